The minimum atomic E-state index is -0.490. The van der Waals surface area contributed by atoms with E-state index in [0.717, 1.165) is 11.1 Å². The largest absolute Gasteiger partial charge is 0.444 e. The van der Waals surface area contributed by atoms with E-state index in [2.05, 4.69) is 11.2 Å². The molecule has 0 radical (unpaired) electrons. The molecule has 0 saturated heterocycles. The number of amides is 1. The van der Waals surface area contributed by atoms with Gasteiger partial charge in [-0.15, -0.1) is 6.42 Å². The molecule has 1 aromatic rings. The maximum atomic E-state index is 11.4. The van der Waals surface area contributed by atoms with Gasteiger partial charge in [0.15, 0.2) is 0 Å². The van der Waals surface area contributed by atoms with E-state index in [1.54, 1.807) is 0 Å². The van der Waals surface area contributed by atoms with Crippen LogP contribution in [0.5, 0.6) is 0 Å². The van der Waals surface area contributed by atoms with Gasteiger partial charge in [-0.3, -0.25) is 0 Å². The molecule has 0 heterocycles. The van der Waals surface area contributed by atoms with Crippen LogP contribution >= 0.6 is 0 Å². The van der Waals surface area contributed by atoms with E-state index in [0.29, 0.717) is 6.54 Å². The Morgan fingerprint density at radius 1 is 1.41 bits per heavy atom. The van der Waals surface area contributed by atoms with Crippen molar-refractivity contribution in [1.29, 1.82) is 0 Å². The van der Waals surface area contributed by atoms with Crippen molar-refractivity contribution in [3.63, 3.8) is 0 Å². The monoisotopic (exact) mass is 231 g/mol. The number of rotatable bonds is 2. The number of hydrogen-bond donors (Lipinski definition) is 1. The Balaban J connectivity index is 2.57. The molecule has 1 rings (SSSR count). The smallest absolute Gasteiger partial charge is 0.407 e. The summed E-state index contributed by atoms with van der Waals surface area (Å²) in [6.07, 6.45) is 4.92. The summed E-state index contributed by atoms with van der Waals surface area (Å²) in [7, 11) is 0. The molecular weight excluding hydrogens is 214 g/mol. The second-order valence-corrected chi connectivity index (χ2v) is 4.66. The molecule has 90 valence electrons. The summed E-state index contributed by atoms with van der Waals surface area (Å²) >= 11 is 0. The van der Waals surface area contributed by atoms with Gasteiger partial charge >= 0.3 is 6.09 Å². The third-order valence-electron chi connectivity index (χ3n) is 1.99. The van der Waals surface area contributed by atoms with Crippen molar-refractivity contribution in [2.45, 2.75) is 32.9 Å². The van der Waals surface area contributed by atoms with E-state index in [9.17, 15) is 4.79 Å². The zero-order valence-corrected chi connectivity index (χ0v) is 10.4. The molecule has 17 heavy (non-hydrogen) atoms. The van der Waals surface area contributed by atoms with Crippen LogP contribution in [-0.4, -0.2) is 11.7 Å². The normalized spacial score (nSPS) is 10.5. The quantitative estimate of drug-likeness (QED) is 0.795. The van der Waals surface area contributed by atoms with Crippen molar-refractivity contribution < 1.29 is 9.53 Å². The lowest BCUT2D eigenvalue weighted by Gasteiger charge is -2.19. The Morgan fingerprint density at radius 2 is 2.06 bits per heavy atom. The first kappa shape index (κ1) is 13.1. The lowest BCUT2D eigenvalue weighted by Crippen LogP contribution is -2.32. The first-order chi connectivity index (χ1) is 7.92. The van der Waals surface area contributed by atoms with Crippen LogP contribution in [-0.2, 0) is 11.3 Å². The first-order valence-electron chi connectivity index (χ1n) is 5.44. The minimum Gasteiger partial charge on any atom is -0.444 e. The molecule has 0 unspecified atom stereocenters. The van der Waals surface area contributed by atoms with Gasteiger partial charge in [-0.1, -0.05) is 24.1 Å². The molecule has 1 aromatic carbocycles. The number of benzene rings is 1. The Bertz CT molecular complexity index is 438. The molecule has 3 nitrogen and oxygen atoms in total. The van der Waals surface area contributed by atoms with Crippen LogP contribution in [0.4, 0.5) is 4.79 Å². The zero-order valence-electron chi connectivity index (χ0n) is 10.4. The van der Waals surface area contributed by atoms with Crippen LogP contribution in [0.3, 0.4) is 0 Å². The molecular formula is C14H17NO2. The molecule has 1 amide bonds. The van der Waals surface area contributed by atoms with E-state index in [1.165, 1.54) is 0 Å². The van der Waals surface area contributed by atoms with Gasteiger partial charge in [0, 0.05) is 12.1 Å². The summed E-state index contributed by atoms with van der Waals surface area (Å²) in [6, 6.07) is 7.47. The van der Waals surface area contributed by atoms with E-state index < -0.39 is 11.7 Å². The fraction of sp³-hybridized carbons (Fsp3) is 0.357. The average Bonchev–Trinajstić information content (AvgIpc) is 2.24. The van der Waals surface area contributed by atoms with Gasteiger partial charge in [-0.05, 0) is 32.4 Å². The van der Waals surface area contributed by atoms with Gasteiger partial charge < -0.3 is 10.1 Å². The van der Waals surface area contributed by atoms with Crippen molar-refractivity contribution in [3.8, 4) is 12.3 Å². The number of ether oxygens (including phenoxy) is 1. The highest BCUT2D eigenvalue weighted by atomic mass is 16.6. The minimum absolute atomic E-state index is 0.370. The number of alkyl carbamates (subject to hydrolysis) is 1. The number of carbonyl (C=O) groups is 1. The predicted molar refractivity (Wildman–Crippen MR) is 67.5 cm³/mol. The number of hydrogen-bond acceptors (Lipinski definition) is 2. The number of terminal acetylenes is 1. The van der Waals surface area contributed by atoms with Gasteiger partial charge in [-0.2, -0.15) is 0 Å². The van der Waals surface area contributed by atoms with Gasteiger partial charge in [0.2, 0.25) is 0 Å². The van der Waals surface area contributed by atoms with E-state index in [1.807, 2.05) is 45.0 Å². The maximum absolute atomic E-state index is 11.4. The summed E-state index contributed by atoms with van der Waals surface area (Å²) < 4.78 is 5.13. The summed E-state index contributed by atoms with van der Waals surface area (Å²) in [4.78, 5) is 11.4. The molecule has 0 aliphatic carbocycles. The third kappa shape index (κ3) is 4.60. The van der Waals surface area contributed by atoms with Crippen molar-refractivity contribution in [2.75, 3.05) is 0 Å². The first-order valence-corrected chi connectivity index (χ1v) is 5.44. The number of nitrogens with one attached hydrogen (secondary N) is 1. The molecule has 0 aliphatic rings. The SMILES string of the molecule is C#Cc1ccccc1CNC(=O)OC(C)(C)C. The van der Waals surface area contributed by atoms with Gasteiger partial charge in [0.25, 0.3) is 0 Å². The molecule has 0 fully saturated rings. The molecule has 0 atom stereocenters. The predicted octanol–water partition coefficient (Wildman–Crippen LogP) is 2.69. The highest BCUT2D eigenvalue weighted by Crippen LogP contribution is 2.09. The molecule has 0 spiro atoms. The van der Waals surface area contributed by atoms with Crippen molar-refractivity contribution in [3.05, 3.63) is 35.4 Å². The van der Waals surface area contributed by atoms with Crippen molar-refractivity contribution >= 4 is 6.09 Å². The summed E-state index contributed by atoms with van der Waals surface area (Å²) in [5.41, 5.74) is 1.19. The van der Waals surface area contributed by atoms with Gasteiger partial charge in [0.1, 0.15) is 5.60 Å². The highest BCUT2D eigenvalue weighted by Gasteiger charge is 2.15. The fourth-order valence-corrected chi connectivity index (χ4v) is 1.30. The van der Waals surface area contributed by atoms with Crippen LogP contribution in [0.15, 0.2) is 24.3 Å². The van der Waals surface area contributed by atoms with Crippen molar-refractivity contribution in [2.24, 2.45) is 0 Å². The Hall–Kier alpha value is -1.95. The number of carbonyl (C=O) groups excluding carboxylic acids is 1. The van der Waals surface area contributed by atoms with Gasteiger partial charge in [-0.25, -0.2) is 4.79 Å². The van der Waals surface area contributed by atoms with Crippen LogP contribution in [0.1, 0.15) is 31.9 Å². The van der Waals surface area contributed by atoms with Crippen LogP contribution in [0.25, 0.3) is 0 Å². The van der Waals surface area contributed by atoms with Crippen LogP contribution in [0.2, 0.25) is 0 Å². The van der Waals surface area contributed by atoms with Crippen molar-refractivity contribution in [1.82, 2.24) is 5.32 Å². The Morgan fingerprint density at radius 3 is 2.65 bits per heavy atom. The summed E-state index contributed by atoms with van der Waals surface area (Å²) in [5, 5.41) is 2.67. The van der Waals surface area contributed by atoms with Gasteiger partial charge in [0.05, 0.1) is 0 Å². The van der Waals surface area contributed by atoms with Crippen LogP contribution in [0, 0.1) is 12.3 Å². The second kappa shape index (κ2) is 5.40. The maximum Gasteiger partial charge on any atom is 0.407 e. The molecule has 0 aliphatic heterocycles. The lowest BCUT2D eigenvalue weighted by molar-refractivity contribution is 0.0523. The lowest BCUT2D eigenvalue weighted by atomic mass is 10.1. The molecule has 0 saturated carbocycles. The second-order valence-electron chi connectivity index (χ2n) is 4.66. The fourth-order valence-electron chi connectivity index (χ4n) is 1.30. The molecule has 0 aromatic heterocycles. The van der Waals surface area contributed by atoms with Crippen LogP contribution < -0.4 is 5.32 Å². The zero-order chi connectivity index (χ0) is 12.9. The topological polar surface area (TPSA) is 38.3 Å². The average molecular weight is 231 g/mol. The highest BCUT2D eigenvalue weighted by molar-refractivity contribution is 5.67. The van der Waals surface area contributed by atoms with E-state index >= 15 is 0 Å². The Labute approximate surface area is 102 Å². The summed E-state index contributed by atoms with van der Waals surface area (Å²) in [6.45, 7) is 5.83. The van der Waals surface area contributed by atoms with E-state index in [4.69, 9.17) is 11.2 Å². The van der Waals surface area contributed by atoms with E-state index in [-0.39, 0.29) is 0 Å². The summed E-state index contributed by atoms with van der Waals surface area (Å²) in [5.74, 6) is 2.58. The standard InChI is InChI=1S/C14H17NO2/c1-5-11-8-6-7-9-12(11)10-15-13(16)17-14(2,3)4/h1,6-9H,10H2,2-4H3,(H,15,16). The third-order valence-corrected chi connectivity index (χ3v) is 1.99. The molecule has 3 heteroatoms. The molecule has 0 bridgehead atoms. The molecule has 1 N–H and O–H groups in total. The Kier molecular flexibility index (Phi) is 4.17.